The monoisotopic (exact) mass is 418 g/mol. The van der Waals surface area contributed by atoms with Gasteiger partial charge in [0.1, 0.15) is 0 Å². The molecule has 0 aliphatic carbocycles. The third-order valence-electron chi connectivity index (χ3n) is 5.26. The molecule has 1 aliphatic heterocycles. The molecular weight excluding hydrogens is 395 g/mol. The Balaban J connectivity index is 1.50. The smallest absolute Gasteiger partial charge is 0.304 e. The van der Waals surface area contributed by atoms with Gasteiger partial charge in [-0.2, -0.15) is 0 Å². The minimum absolute atomic E-state index is 0.00324. The lowest BCUT2D eigenvalue weighted by Crippen LogP contribution is -2.41. The first-order valence-electron chi connectivity index (χ1n) is 9.88. The molecule has 0 saturated heterocycles. The van der Waals surface area contributed by atoms with Gasteiger partial charge in [-0.05, 0) is 35.4 Å². The van der Waals surface area contributed by atoms with E-state index in [1.54, 1.807) is 10.3 Å². The van der Waals surface area contributed by atoms with Crippen molar-refractivity contribution in [2.24, 2.45) is 0 Å². The van der Waals surface area contributed by atoms with Crippen molar-refractivity contribution in [1.82, 2.24) is 9.47 Å². The van der Waals surface area contributed by atoms with Gasteiger partial charge >= 0.3 is 7.48 Å². The van der Waals surface area contributed by atoms with E-state index in [0.29, 0.717) is 12.3 Å². The highest BCUT2D eigenvalue weighted by molar-refractivity contribution is 7.88. The molecule has 1 N–H and O–H groups in total. The number of benzene rings is 2. The molecule has 2 unspecified atom stereocenters. The van der Waals surface area contributed by atoms with Gasteiger partial charge in [0.05, 0.1) is 18.2 Å². The maximum Gasteiger partial charge on any atom is 0.304 e. The maximum atomic E-state index is 13.2. The first-order chi connectivity index (χ1) is 14.6. The Kier molecular flexibility index (Phi) is 6.30. The molecule has 7 heteroatoms. The van der Waals surface area contributed by atoms with Crippen molar-refractivity contribution in [3.63, 3.8) is 0 Å². The molecule has 3 aromatic rings. The Hall–Kier alpha value is -2.90. The fourth-order valence-corrected chi connectivity index (χ4v) is 4.65. The van der Waals surface area contributed by atoms with Crippen LogP contribution < -0.4 is 5.46 Å². The van der Waals surface area contributed by atoms with Gasteiger partial charge in [-0.15, -0.1) is 0 Å². The maximum absolute atomic E-state index is 13.2. The molecule has 0 radical (unpaired) electrons. The van der Waals surface area contributed by atoms with Crippen molar-refractivity contribution < 1.29 is 14.0 Å². The minimum atomic E-state index is -1.03. The van der Waals surface area contributed by atoms with Gasteiger partial charge in [-0.1, -0.05) is 47.9 Å². The number of amides is 1. The van der Waals surface area contributed by atoms with Crippen molar-refractivity contribution >= 4 is 29.7 Å². The summed E-state index contributed by atoms with van der Waals surface area (Å²) in [5, 5.41) is 10.9. The fraction of sp³-hybridized carbons (Fsp3) is 0.174. The summed E-state index contributed by atoms with van der Waals surface area (Å²) in [6, 6.07) is 19.3. The second kappa shape index (κ2) is 9.28. The molecule has 0 saturated carbocycles. The van der Waals surface area contributed by atoms with Gasteiger partial charge in [-0.25, -0.2) is 0 Å². The number of carbonyl (C=O) groups is 1. The number of hydrogen-bond donors (Lipinski definition) is 1. The standard InChI is InChI=1S/C23H23BN2O3S/c27-23(15-18-5-9-21(10-6-18)25-12-1-2-13-25)26(22-11-14-30(29)17-22)16-19-3-7-20(24-28)8-4-19/h1-14,22,24,28H,15-17H2. The van der Waals surface area contributed by atoms with Crippen molar-refractivity contribution in [3.8, 4) is 5.69 Å². The molecule has 0 bridgehead atoms. The zero-order chi connectivity index (χ0) is 20.9. The van der Waals surface area contributed by atoms with E-state index in [4.69, 9.17) is 0 Å². The third-order valence-corrected chi connectivity index (χ3v) is 6.39. The minimum Gasteiger partial charge on any atom is -0.449 e. The molecule has 2 atom stereocenters. The average molecular weight is 418 g/mol. The second-order valence-corrected chi connectivity index (χ2v) is 8.74. The van der Waals surface area contributed by atoms with E-state index in [9.17, 15) is 14.0 Å². The van der Waals surface area contributed by atoms with Crippen LogP contribution in [0.25, 0.3) is 5.69 Å². The molecule has 0 fully saturated rings. The van der Waals surface area contributed by atoms with E-state index in [1.807, 2.05) is 83.7 Å². The summed E-state index contributed by atoms with van der Waals surface area (Å²) in [4.78, 5) is 15.0. The van der Waals surface area contributed by atoms with E-state index < -0.39 is 10.8 Å². The normalized spacial score (nSPS) is 17.8. The Morgan fingerprint density at radius 1 is 1.07 bits per heavy atom. The number of nitrogens with zero attached hydrogens (tertiary/aromatic N) is 2. The SMILES string of the molecule is O=C(Cc1ccc(-n2cccc2)cc1)N(Cc1ccc(BO)cc1)C1C=CS(=O)C1. The highest BCUT2D eigenvalue weighted by Crippen LogP contribution is 2.18. The predicted molar refractivity (Wildman–Crippen MR) is 121 cm³/mol. The first kappa shape index (κ1) is 20.4. The van der Waals surface area contributed by atoms with E-state index in [-0.39, 0.29) is 25.9 Å². The lowest BCUT2D eigenvalue weighted by Gasteiger charge is -2.28. The lowest BCUT2D eigenvalue weighted by molar-refractivity contribution is -0.132. The molecule has 4 rings (SSSR count). The van der Waals surface area contributed by atoms with Crippen LogP contribution in [-0.4, -0.2) is 43.9 Å². The molecule has 2 aromatic carbocycles. The molecule has 0 spiro atoms. The van der Waals surface area contributed by atoms with Crippen LogP contribution >= 0.6 is 0 Å². The van der Waals surface area contributed by atoms with Crippen molar-refractivity contribution in [2.45, 2.75) is 19.0 Å². The molecular formula is C23H23BN2O3S. The molecule has 30 heavy (non-hydrogen) atoms. The van der Waals surface area contributed by atoms with E-state index >= 15 is 0 Å². The highest BCUT2D eigenvalue weighted by Gasteiger charge is 2.26. The summed E-state index contributed by atoms with van der Waals surface area (Å²) in [5.41, 5.74) is 3.81. The number of aromatic nitrogens is 1. The molecule has 1 amide bonds. The topological polar surface area (TPSA) is 62.5 Å². The average Bonchev–Trinajstić information content (AvgIpc) is 3.45. The molecule has 5 nitrogen and oxygen atoms in total. The third kappa shape index (κ3) is 4.80. The summed E-state index contributed by atoms with van der Waals surface area (Å²) in [5.74, 6) is 0.441. The predicted octanol–water partition coefficient (Wildman–Crippen LogP) is 1.66. The first-order valence-corrected chi connectivity index (χ1v) is 11.3. The van der Waals surface area contributed by atoms with Crippen molar-refractivity contribution in [1.29, 1.82) is 0 Å². The van der Waals surface area contributed by atoms with E-state index in [0.717, 1.165) is 22.3 Å². The summed E-state index contributed by atoms with van der Waals surface area (Å²) in [7, 11) is -1.04. The van der Waals surface area contributed by atoms with E-state index in [1.165, 1.54) is 0 Å². The van der Waals surface area contributed by atoms with Crippen molar-refractivity contribution in [3.05, 3.63) is 95.7 Å². The summed E-state index contributed by atoms with van der Waals surface area (Å²) in [6.45, 7) is 0.443. The van der Waals surface area contributed by atoms with Gasteiger partial charge < -0.3 is 14.5 Å². The van der Waals surface area contributed by atoms with Gasteiger partial charge in [-0.3, -0.25) is 9.00 Å². The zero-order valence-corrected chi connectivity index (χ0v) is 17.4. The lowest BCUT2D eigenvalue weighted by atomic mass is 9.88. The molecule has 152 valence electrons. The second-order valence-electron chi connectivity index (χ2n) is 7.37. The number of rotatable bonds is 7. The van der Waals surface area contributed by atoms with Crippen LogP contribution in [0.5, 0.6) is 0 Å². The number of hydrogen-bond acceptors (Lipinski definition) is 3. The van der Waals surface area contributed by atoms with Crippen LogP contribution in [0.4, 0.5) is 0 Å². The van der Waals surface area contributed by atoms with Gasteiger partial charge in [0, 0.05) is 40.8 Å². The highest BCUT2D eigenvalue weighted by atomic mass is 32.2. The fourth-order valence-electron chi connectivity index (χ4n) is 3.56. The largest absolute Gasteiger partial charge is 0.449 e. The van der Waals surface area contributed by atoms with Crippen LogP contribution in [0.3, 0.4) is 0 Å². The van der Waals surface area contributed by atoms with Crippen molar-refractivity contribution in [2.75, 3.05) is 5.75 Å². The quantitative estimate of drug-likeness (QED) is 0.594. The van der Waals surface area contributed by atoms with Gasteiger partial charge in [0.25, 0.3) is 0 Å². The summed E-state index contributed by atoms with van der Waals surface area (Å²) >= 11 is 0. The Morgan fingerprint density at radius 3 is 2.33 bits per heavy atom. The molecule has 1 aliphatic rings. The molecule has 1 aromatic heterocycles. The van der Waals surface area contributed by atoms with Crippen LogP contribution in [0, 0.1) is 0 Å². The van der Waals surface area contributed by atoms with Crippen LogP contribution in [0.15, 0.2) is 84.5 Å². The zero-order valence-electron chi connectivity index (χ0n) is 16.6. The Labute approximate surface area is 179 Å². The van der Waals surface area contributed by atoms with Crippen LogP contribution in [0.1, 0.15) is 11.1 Å². The Bertz CT molecular complexity index is 1050. The van der Waals surface area contributed by atoms with Crippen LogP contribution in [0.2, 0.25) is 0 Å². The van der Waals surface area contributed by atoms with E-state index in [2.05, 4.69) is 0 Å². The summed E-state index contributed by atoms with van der Waals surface area (Å²) in [6.07, 6.45) is 6.12. The Morgan fingerprint density at radius 2 is 1.73 bits per heavy atom. The number of carbonyl (C=O) groups excluding carboxylic acids is 1. The van der Waals surface area contributed by atoms with Gasteiger partial charge in [0.15, 0.2) is 0 Å². The van der Waals surface area contributed by atoms with Crippen LogP contribution in [-0.2, 0) is 28.6 Å². The van der Waals surface area contributed by atoms with Gasteiger partial charge in [0.2, 0.25) is 5.91 Å². The molecule has 2 heterocycles. The summed E-state index contributed by atoms with van der Waals surface area (Å²) < 4.78 is 13.9.